The maximum atomic E-state index is 12.9. The van der Waals surface area contributed by atoms with Gasteiger partial charge in [-0.2, -0.15) is 0 Å². The second-order valence-corrected chi connectivity index (χ2v) is 7.76. The Labute approximate surface area is 184 Å². The van der Waals surface area contributed by atoms with E-state index >= 15 is 0 Å². The summed E-state index contributed by atoms with van der Waals surface area (Å²) in [5.41, 5.74) is 3.35. The van der Waals surface area contributed by atoms with Crippen molar-refractivity contribution in [2.45, 2.75) is 12.1 Å². The molecule has 0 aliphatic rings. The van der Waals surface area contributed by atoms with Crippen molar-refractivity contribution in [3.8, 4) is 11.3 Å². The minimum Gasteiger partial charge on any atom is -0.348 e. The molecule has 0 aliphatic heterocycles. The van der Waals surface area contributed by atoms with Gasteiger partial charge in [0.1, 0.15) is 0 Å². The number of benzene rings is 2. The summed E-state index contributed by atoms with van der Waals surface area (Å²) in [5.74, 6) is -0.242. The van der Waals surface area contributed by atoms with E-state index in [1.807, 2.05) is 48.7 Å². The lowest BCUT2D eigenvalue weighted by molar-refractivity contribution is 0.0957. The van der Waals surface area contributed by atoms with E-state index in [0.29, 0.717) is 44.3 Å². The number of hydrogen-bond acceptors (Lipinski definition) is 4. The number of hydrogen-bond donors (Lipinski definition) is 1. The molecular formula is C22H19Cl2N3OS. The van der Waals surface area contributed by atoms with Crippen molar-refractivity contribution in [2.75, 3.05) is 12.8 Å². The molecule has 0 saturated heterocycles. The molecule has 1 N–H and O–H groups in total. The number of aryl methyl sites for hydroxylation is 1. The maximum Gasteiger partial charge on any atom is 0.255 e. The lowest BCUT2D eigenvalue weighted by Crippen LogP contribution is -2.26. The molecule has 2 aromatic carbocycles. The number of carbonyl (C=O) groups is 1. The molecule has 0 bridgehead atoms. The summed E-state index contributed by atoms with van der Waals surface area (Å²) in [6.07, 6.45) is 5.75. The third-order valence-corrected chi connectivity index (χ3v) is 5.45. The Balaban J connectivity index is 1.88. The first kappa shape index (κ1) is 21.4. The van der Waals surface area contributed by atoms with Crippen molar-refractivity contribution < 1.29 is 4.79 Å². The summed E-state index contributed by atoms with van der Waals surface area (Å²) < 4.78 is 0. The molecular weight excluding hydrogens is 425 g/mol. The zero-order valence-corrected chi connectivity index (χ0v) is 18.3. The highest BCUT2D eigenvalue weighted by Gasteiger charge is 2.20. The third-order valence-electron chi connectivity index (χ3n) is 4.16. The van der Waals surface area contributed by atoms with Gasteiger partial charge < -0.3 is 5.32 Å². The summed E-state index contributed by atoms with van der Waals surface area (Å²) in [7, 11) is 0. The second kappa shape index (κ2) is 9.92. The molecule has 7 heteroatoms. The van der Waals surface area contributed by atoms with E-state index in [4.69, 9.17) is 23.2 Å². The molecule has 0 radical (unpaired) electrons. The van der Waals surface area contributed by atoms with Crippen LogP contribution in [0.25, 0.3) is 17.3 Å². The van der Waals surface area contributed by atoms with Gasteiger partial charge in [0, 0.05) is 12.1 Å². The van der Waals surface area contributed by atoms with E-state index in [9.17, 15) is 4.79 Å². The highest BCUT2D eigenvalue weighted by atomic mass is 35.5. The van der Waals surface area contributed by atoms with E-state index in [1.165, 1.54) is 11.8 Å². The van der Waals surface area contributed by atoms with Crippen molar-refractivity contribution in [1.29, 1.82) is 0 Å². The van der Waals surface area contributed by atoms with Gasteiger partial charge in [-0.15, -0.1) is 0 Å². The van der Waals surface area contributed by atoms with Crippen LogP contribution < -0.4 is 5.32 Å². The summed E-state index contributed by atoms with van der Waals surface area (Å²) in [4.78, 5) is 21.9. The highest BCUT2D eigenvalue weighted by Crippen LogP contribution is 2.31. The zero-order valence-electron chi connectivity index (χ0n) is 15.9. The van der Waals surface area contributed by atoms with Gasteiger partial charge in [0.15, 0.2) is 5.16 Å². The Kier molecular flexibility index (Phi) is 7.31. The van der Waals surface area contributed by atoms with Gasteiger partial charge in [-0.1, -0.05) is 83.5 Å². The number of nitrogens with one attached hydrogen (secondary N) is 1. The normalized spacial score (nSPS) is 11.0. The fourth-order valence-corrected chi connectivity index (χ4v) is 3.47. The first-order valence-electron chi connectivity index (χ1n) is 8.87. The number of amides is 1. The molecule has 1 aromatic heterocycles. The Morgan fingerprint density at radius 1 is 1.10 bits per heavy atom. The summed E-state index contributed by atoms with van der Waals surface area (Å²) in [6, 6.07) is 15.1. The van der Waals surface area contributed by atoms with Crippen molar-refractivity contribution in [3.63, 3.8) is 0 Å². The Bertz CT molecular complexity index is 1060. The number of aromatic nitrogens is 2. The first-order chi connectivity index (χ1) is 14.0. The molecule has 0 fully saturated rings. The highest BCUT2D eigenvalue weighted by molar-refractivity contribution is 7.98. The molecule has 148 valence electrons. The summed E-state index contributed by atoms with van der Waals surface area (Å²) in [5, 5.41) is 4.35. The van der Waals surface area contributed by atoms with E-state index in [1.54, 1.807) is 25.1 Å². The van der Waals surface area contributed by atoms with Crippen LogP contribution in [0.1, 0.15) is 21.6 Å². The van der Waals surface area contributed by atoms with Crippen LogP contribution in [0.15, 0.2) is 59.8 Å². The fraction of sp³-hybridized carbons (Fsp3) is 0.136. The number of carbonyl (C=O) groups excluding carboxylic acids is 1. The number of halogens is 2. The van der Waals surface area contributed by atoms with Gasteiger partial charge in [-0.3, -0.25) is 4.79 Å². The van der Waals surface area contributed by atoms with E-state index in [0.717, 1.165) is 5.56 Å². The van der Waals surface area contributed by atoms with Crippen molar-refractivity contribution >= 4 is 46.9 Å². The second-order valence-electron chi connectivity index (χ2n) is 6.17. The Hall–Kier alpha value is -2.34. The van der Waals surface area contributed by atoms with Gasteiger partial charge in [0.2, 0.25) is 0 Å². The van der Waals surface area contributed by atoms with Crippen LogP contribution in [0.4, 0.5) is 0 Å². The Morgan fingerprint density at radius 3 is 2.55 bits per heavy atom. The molecule has 0 aliphatic carbocycles. The smallest absolute Gasteiger partial charge is 0.255 e. The Morgan fingerprint density at radius 2 is 1.86 bits per heavy atom. The van der Waals surface area contributed by atoms with Crippen LogP contribution >= 0.6 is 35.0 Å². The van der Waals surface area contributed by atoms with Gasteiger partial charge in [-0.05, 0) is 30.9 Å². The summed E-state index contributed by atoms with van der Waals surface area (Å²) >= 11 is 13.6. The number of thioether (sulfide) groups is 1. The van der Waals surface area contributed by atoms with Crippen LogP contribution in [-0.4, -0.2) is 28.7 Å². The molecule has 3 aromatic rings. The van der Waals surface area contributed by atoms with Crippen molar-refractivity contribution in [2.24, 2.45) is 0 Å². The van der Waals surface area contributed by atoms with Crippen LogP contribution in [0.3, 0.4) is 0 Å². The lowest BCUT2D eigenvalue weighted by Gasteiger charge is -2.13. The maximum absolute atomic E-state index is 12.9. The molecule has 1 heterocycles. The van der Waals surface area contributed by atoms with Gasteiger partial charge >= 0.3 is 0 Å². The lowest BCUT2D eigenvalue weighted by atomic mass is 10.0. The predicted octanol–water partition coefficient (Wildman–Crippen LogP) is 5.92. The van der Waals surface area contributed by atoms with Gasteiger partial charge in [-0.25, -0.2) is 9.97 Å². The van der Waals surface area contributed by atoms with E-state index < -0.39 is 0 Å². The average molecular weight is 444 g/mol. The quantitative estimate of drug-likeness (QED) is 0.379. The standard InChI is InChI=1S/C22H19Cl2N3OS/c1-14-19(21(28)25-12-6-9-15-7-4-3-5-8-15)20(27-22(26-14)29-2)16-10-11-17(23)18(24)13-16/h3-11,13H,12H2,1-2H3,(H,25,28)/b9-6+. The molecule has 0 spiro atoms. The van der Waals surface area contributed by atoms with Crippen LogP contribution in [0.2, 0.25) is 10.0 Å². The minimum absolute atomic E-state index is 0.242. The molecule has 4 nitrogen and oxygen atoms in total. The largest absolute Gasteiger partial charge is 0.348 e. The van der Waals surface area contributed by atoms with Crippen LogP contribution in [-0.2, 0) is 0 Å². The fourth-order valence-electron chi connectivity index (χ4n) is 2.76. The number of rotatable bonds is 6. The SMILES string of the molecule is CSc1nc(C)c(C(=O)NC/C=C/c2ccccc2)c(-c2ccc(Cl)c(Cl)c2)n1. The molecule has 0 unspecified atom stereocenters. The van der Waals surface area contributed by atoms with E-state index in [2.05, 4.69) is 15.3 Å². The van der Waals surface area contributed by atoms with Crippen molar-refractivity contribution in [3.05, 3.63) is 81.5 Å². The van der Waals surface area contributed by atoms with Gasteiger partial charge in [0.05, 0.1) is 27.0 Å². The number of nitrogens with zero attached hydrogens (tertiary/aromatic N) is 2. The van der Waals surface area contributed by atoms with Crippen molar-refractivity contribution in [1.82, 2.24) is 15.3 Å². The van der Waals surface area contributed by atoms with Crippen LogP contribution in [0, 0.1) is 6.92 Å². The molecule has 0 atom stereocenters. The van der Waals surface area contributed by atoms with Gasteiger partial charge in [0.25, 0.3) is 5.91 Å². The molecule has 3 rings (SSSR count). The topological polar surface area (TPSA) is 54.9 Å². The monoisotopic (exact) mass is 443 g/mol. The van der Waals surface area contributed by atoms with E-state index in [-0.39, 0.29) is 5.91 Å². The minimum atomic E-state index is -0.242. The first-order valence-corrected chi connectivity index (χ1v) is 10.9. The third kappa shape index (κ3) is 5.38. The zero-order chi connectivity index (χ0) is 20.8. The molecule has 29 heavy (non-hydrogen) atoms. The molecule has 1 amide bonds. The van der Waals surface area contributed by atoms with Crippen LogP contribution in [0.5, 0.6) is 0 Å². The predicted molar refractivity (Wildman–Crippen MR) is 122 cm³/mol. The summed E-state index contributed by atoms with van der Waals surface area (Å²) in [6.45, 7) is 2.19. The molecule has 0 saturated carbocycles. The average Bonchev–Trinajstić information content (AvgIpc) is 2.73.